The van der Waals surface area contributed by atoms with Crippen molar-refractivity contribution in [2.45, 2.75) is 33.2 Å². The van der Waals surface area contributed by atoms with Crippen molar-refractivity contribution in [2.24, 2.45) is 0 Å². The number of carbonyl (C=O) groups is 1. The number of nitrogens with one attached hydrogen (secondary N) is 1. The van der Waals surface area contributed by atoms with E-state index in [2.05, 4.69) is 15.5 Å². The van der Waals surface area contributed by atoms with Gasteiger partial charge >= 0.3 is 0 Å². The highest BCUT2D eigenvalue weighted by molar-refractivity contribution is 5.77. The lowest BCUT2D eigenvalue weighted by molar-refractivity contribution is -0.121. The molecule has 0 saturated carbocycles. The van der Waals surface area contributed by atoms with Gasteiger partial charge in [0, 0.05) is 6.04 Å². The molecular weight excluding hydrogens is 170 g/mol. The summed E-state index contributed by atoms with van der Waals surface area (Å²) in [5, 5.41) is 6.32. The first-order valence-corrected chi connectivity index (χ1v) is 4.16. The molecular formula is C8H13N3O2. The Morgan fingerprint density at radius 3 is 2.77 bits per heavy atom. The molecule has 0 unspecified atom stereocenters. The summed E-state index contributed by atoms with van der Waals surface area (Å²) in [6, 6.07) is 0.136. The summed E-state index contributed by atoms with van der Waals surface area (Å²) in [6.45, 7) is 5.52. The molecule has 5 nitrogen and oxygen atoms in total. The van der Waals surface area contributed by atoms with Gasteiger partial charge in [-0.05, 0) is 20.8 Å². The lowest BCUT2D eigenvalue weighted by Crippen LogP contribution is -2.31. The van der Waals surface area contributed by atoms with Gasteiger partial charge in [-0.1, -0.05) is 5.16 Å². The maximum absolute atomic E-state index is 11.2. The lowest BCUT2D eigenvalue weighted by atomic mass is 10.3. The number of aromatic nitrogens is 2. The van der Waals surface area contributed by atoms with E-state index in [1.165, 1.54) is 0 Å². The van der Waals surface area contributed by atoms with E-state index in [-0.39, 0.29) is 18.4 Å². The Labute approximate surface area is 76.5 Å². The predicted molar refractivity (Wildman–Crippen MR) is 46.0 cm³/mol. The average Bonchev–Trinajstić information content (AvgIpc) is 2.33. The third-order valence-corrected chi connectivity index (χ3v) is 1.33. The molecule has 0 bridgehead atoms. The van der Waals surface area contributed by atoms with Gasteiger partial charge in [-0.15, -0.1) is 0 Å². The van der Waals surface area contributed by atoms with E-state index in [0.717, 1.165) is 0 Å². The first-order valence-electron chi connectivity index (χ1n) is 4.16. The topological polar surface area (TPSA) is 68.0 Å². The van der Waals surface area contributed by atoms with Crippen molar-refractivity contribution in [1.29, 1.82) is 0 Å². The second-order valence-electron chi connectivity index (χ2n) is 3.13. The van der Waals surface area contributed by atoms with Crippen LogP contribution in [0.4, 0.5) is 0 Å². The van der Waals surface area contributed by atoms with Crippen LogP contribution in [0.2, 0.25) is 0 Å². The first-order chi connectivity index (χ1) is 6.08. The van der Waals surface area contributed by atoms with Crippen LogP contribution in [0.15, 0.2) is 4.52 Å². The summed E-state index contributed by atoms with van der Waals surface area (Å²) in [7, 11) is 0. The smallest absolute Gasteiger partial charge is 0.236 e. The van der Waals surface area contributed by atoms with Crippen LogP contribution in [0.5, 0.6) is 0 Å². The molecule has 0 aliphatic heterocycles. The molecule has 0 spiro atoms. The summed E-state index contributed by atoms with van der Waals surface area (Å²) in [6.07, 6.45) is 0.152. The molecule has 0 saturated heterocycles. The second-order valence-corrected chi connectivity index (χ2v) is 3.13. The van der Waals surface area contributed by atoms with Gasteiger partial charge in [-0.3, -0.25) is 4.79 Å². The van der Waals surface area contributed by atoms with Crippen molar-refractivity contribution in [3.63, 3.8) is 0 Å². The number of hydrogen-bond donors (Lipinski definition) is 1. The summed E-state index contributed by atoms with van der Waals surface area (Å²) < 4.78 is 4.79. The summed E-state index contributed by atoms with van der Waals surface area (Å²) in [4.78, 5) is 15.1. The second kappa shape index (κ2) is 4.02. The van der Waals surface area contributed by atoms with E-state index in [0.29, 0.717) is 11.7 Å². The van der Waals surface area contributed by atoms with Gasteiger partial charge in [0.2, 0.25) is 11.8 Å². The summed E-state index contributed by atoms with van der Waals surface area (Å²) in [5.41, 5.74) is 0. The molecule has 72 valence electrons. The summed E-state index contributed by atoms with van der Waals surface area (Å²) in [5.74, 6) is 0.807. The largest absolute Gasteiger partial charge is 0.353 e. The number of rotatable bonds is 3. The Bertz CT molecular complexity index is 293. The average molecular weight is 183 g/mol. The van der Waals surface area contributed by atoms with Gasteiger partial charge in [0.15, 0.2) is 5.82 Å². The minimum absolute atomic E-state index is 0.0985. The molecule has 1 amide bonds. The van der Waals surface area contributed by atoms with Crippen molar-refractivity contribution >= 4 is 5.91 Å². The molecule has 5 heteroatoms. The van der Waals surface area contributed by atoms with E-state index >= 15 is 0 Å². The molecule has 1 heterocycles. The Morgan fingerprint density at radius 2 is 2.31 bits per heavy atom. The van der Waals surface area contributed by atoms with Gasteiger partial charge in [-0.25, -0.2) is 0 Å². The van der Waals surface area contributed by atoms with Crippen LogP contribution >= 0.6 is 0 Å². The van der Waals surface area contributed by atoms with Gasteiger partial charge in [0.05, 0.1) is 0 Å². The Balaban J connectivity index is 2.45. The van der Waals surface area contributed by atoms with Crippen molar-refractivity contribution in [3.05, 3.63) is 11.7 Å². The molecule has 0 aliphatic rings. The van der Waals surface area contributed by atoms with Crippen LogP contribution in [0, 0.1) is 6.92 Å². The lowest BCUT2D eigenvalue weighted by Gasteiger charge is -2.05. The van der Waals surface area contributed by atoms with Crippen molar-refractivity contribution < 1.29 is 9.32 Å². The number of hydrogen-bond acceptors (Lipinski definition) is 4. The third-order valence-electron chi connectivity index (χ3n) is 1.33. The van der Waals surface area contributed by atoms with Gasteiger partial charge < -0.3 is 9.84 Å². The monoisotopic (exact) mass is 183 g/mol. The maximum Gasteiger partial charge on any atom is 0.236 e. The van der Waals surface area contributed by atoms with E-state index in [9.17, 15) is 4.79 Å². The van der Waals surface area contributed by atoms with Crippen LogP contribution in [0.3, 0.4) is 0 Å². The zero-order chi connectivity index (χ0) is 9.84. The molecule has 1 aromatic rings. The van der Waals surface area contributed by atoms with E-state index < -0.39 is 0 Å². The van der Waals surface area contributed by atoms with Gasteiger partial charge in [0.1, 0.15) is 6.42 Å². The predicted octanol–water partition coefficient (Wildman–Crippen LogP) is 0.445. The van der Waals surface area contributed by atoms with Crippen molar-refractivity contribution in [2.75, 3.05) is 0 Å². The van der Waals surface area contributed by atoms with E-state index in [1.807, 2.05) is 13.8 Å². The quantitative estimate of drug-likeness (QED) is 0.738. The standard InChI is InChI=1S/C8H13N3O2/c1-5(2)9-7(12)4-8-10-6(3)11-13-8/h5H,4H2,1-3H3,(H,9,12). The molecule has 13 heavy (non-hydrogen) atoms. The van der Waals surface area contributed by atoms with Crippen LogP contribution < -0.4 is 5.32 Å². The maximum atomic E-state index is 11.2. The summed E-state index contributed by atoms with van der Waals surface area (Å²) >= 11 is 0. The van der Waals surface area contributed by atoms with Crippen molar-refractivity contribution in [1.82, 2.24) is 15.5 Å². The molecule has 0 radical (unpaired) electrons. The minimum atomic E-state index is -0.0985. The SMILES string of the molecule is Cc1noc(CC(=O)NC(C)C)n1. The third kappa shape index (κ3) is 3.23. The number of amides is 1. The molecule has 0 atom stereocenters. The highest BCUT2D eigenvalue weighted by Gasteiger charge is 2.09. The minimum Gasteiger partial charge on any atom is -0.353 e. The van der Waals surface area contributed by atoms with Crippen molar-refractivity contribution in [3.8, 4) is 0 Å². The Kier molecular flexibility index (Phi) is 3.00. The molecule has 0 fully saturated rings. The zero-order valence-electron chi connectivity index (χ0n) is 8.00. The molecule has 1 N–H and O–H groups in total. The Morgan fingerprint density at radius 1 is 1.62 bits per heavy atom. The number of carbonyl (C=O) groups excluding carboxylic acids is 1. The highest BCUT2D eigenvalue weighted by Crippen LogP contribution is 1.96. The van der Waals surface area contributed by atoms with E-state index in [4.69, 9.17) is 4.52 Å². The fraction of sp³-hybridized carbons (Fsp3) is 0.625. The molecule has 0 aromatic carbocycles. The van der Waals surface area contributed by atoms with E-state index in [1.54, 1.807) is 6.92 Å². The van der Waals surface area contributed by atoms with Crippen LogP contribution in [-0.2, 0) is 11.2 Å². The highest BCUT2D eigenvalue weighted by atomic mass is 16.5. The molecule has 0 aliphatic carbocycles. The molecule has 1 aromatic heterocycles. The fourth-order valence-electron chi connectivity index (χ4n) is 0.922. The Hall–Kier alpha value is -1.39. The van der Waals surface area contributed by atoms with Crippen LogP contribution in [0.25, 0.3) is 0 Å². The molecule has 1 rings (SSSR count). The number of nitrogens with zero attached hydrogens (tertiary/aromatic N) is 2. The fourth-order valence-corrected chi connectivity index (χ4v) is 0.922. The zero-order valence-corrected chi connectivity index (χ0v) is 8.00. The normalized spacial score (nSPS) is 10.5. The van der Waals surface area contributed by atoms with Crippen LogP contribution in [0.1, 0.15) is 25.6 Å². The number of aryl methyl sites for hydroxylation is 1. The van der Waals surface area contributed by atoms with Crippen LogP contribution in [-0.4, -0.2) is 22.1 Å². The van der Waals surface area contributed by atoms with Gasteiger partial charge in [0.25, 0.3) is 0 Å². The van der Waals surface area contributed by atoms with Gasteiger partial charge in [-0.2, -0.15) is 4.98 Å². The first kappa shape index (κ1) is 9.70.